The van der Waals surface area contributed by atoms with E-state index in [1.54, 1.807) is 18.2 Å². The van der Waals surface area contributed by atoms with E-state index < -0.39 is 0 Å². The second-order valence-electron chi connectivity index (χ2n) is 5.69. The lowest BCUT2D eigenvalue weighted by molar-refractivity contribution is 0.628. The van der Waals surface area contributed by atoms with E-state index in [2.05, 4.69) is 40.5 Å². The first-order valence-electron chi connectivity index (χ1n) is 7.73. The first kappa shape index (κ1) is 15.9. The zero-order valence-electron chi connectivity index (χ0n) is 13.9. The molecule has 122 valence electrons. The molecule has 1 aromatic heterocycles. The predicted molar refractivity (Wildman–Crippen MR) is 95.7 cm³/mol. The highest BCUT2D eigenvalue weighted by Crippen LogP contribution is 2.24. The molecular weight excluding hydrogens is 303 g/mol. The van der Waals surface area contributed by atoms with Gasteiger partial charge in [0.1, 0.15) is 23.3 Å². The van der Waals surface area contributed by atoms with Gasteiger partial charge in [0.05, 0.1) is 0 Å². The Labute approximate surface area is 140 Å². The molecule has 2 aromatic carbocycles. The minimum absolute atomic E-state index is 0.292. The van der Waals surface area contributed by atoms with Gasteiger partial charge in [0, 0.05) is 17.4 Å². The molecule has 0 unspecified atom stereocenters. The third kappa shape index (κ3) is 3.68. The van der Waals surface area contributed by atoms with Gasteiger partial charge in [-0.3, -0.25) is 0 Å². The third-order valence-electron chi connectivity index (χ3n) is 3.80. The summed E-state index contributed by atoms with van der Waals surface area (Å²) in [6.45, 7) is 5.96. The monoisotopic (exact) mass is 322 g/mol. The number of anilines is 4. The Balaban J connectivity index is 1.87. The fourth-order valence-corrected chi connectivity index (χ4v) is 2.43. The van der Waals surface area contributed by atoms with Gasteiger partial charge in [-0.2, -0.15) is 0 Å². The van der Waals surface area contributed by atoms with Crippen molar-refractivity contribution in [2.75, 3.05) is 10.6 Å². The van der Waals surface area contributed by atoms with E-state index in [0.717, 1.165) is 5.69 Å². The molecule has 0 fully saturated rings. The van der Waals surface area contributed by atoms with E-state index in [1.165, 1.54) is 23.3 Å². The standard InChI is InChI=1S/C19H19FN4/c1-12-6-4-9-17(13(12)2)24-19-11-18(21-14(3)22-19)23-16-8-5-7-15(20)10-16/h4-11H,1-3H3,(H2,21,22,23,24). The van der Waals surface area contributed by atoms with Crippen molar-refractivity contribution in [1.29, 1.82) is 0 Å². The van der Waals surface area contributed by atoms with E-state index in [-0.39, 0.29) is 5.82 Å². The number of hydrogen-bond donors (Lipinski definition) is 2. The quantitative estimate of drug-likeness (QED) is 0.707. The number of aryl methyl sites for hydroxylation is 2. The Kier molecular flexibility index (Phi) is 4.42. The highest BCUT2D eigenvalue weighted by Gasteiger charge is 2.06. The van der Waals surface area contributed by atoms with Crippen molar-refractivity contribution in [2.45, 2.75) is 20.8 Å². The first-order valence-corrected chi connectivity index (χ1v) is 7.73. The Morgan fingerprint density at radius 3 is 2.29 bits per heavy atom. The average Bonchev–Trinajstić information content (AvgIpc) is 2.51. The van der Waals surface area contributed by atoms with Crippen LogP contribution in [0.2, 0.25) is 0 Å². The maximum atomic E-state index is 13.3. The molecule has 0 spiro atoms. The summed E-state index contributed by atoms with van der Waals surface area (Å²) < 4.78 is 13.3. The summed E-state index contributed by atoms with van der Waals surface area (Å²) >= 11 is 0. The highest BCUT2D eigenvalue weighted by atomic mass is 19.1. The number of aromatic nitrogens is 2. The minimum Gasteiger partial charge on any atom is -0.340 e. The Morgan fingerprint density at radius 1 is 0.833 bits per heavy atom. The lowest BCUT2D eigenvalue weighted by Crippen LogP contribution is -2.02. The van der Waals surface area contributed by atoms with Crippen molar-refractivity contribution in [1.82, 2.24) is 9.97 Å². The van der Waals surface area contributed by atoms with E-state index >= 15 is 0 Å². The van der Waals surface area contributed by atoms with Crippen molar-refractivity contribution in [2.24, 2.45) is 0 Å². The van der Waals surface area contributed by atoms with E-state index in [1.807, 2.05) is 19.1 Å². The molecule has 0 atom stereocenters. The van der Waals surface area contributed by atoms with Crippen LogP contribution in [0.15, 0.2) is 48.5 Å². The van der Waals surface area contributed by atoms with Crippen LogP contribution in [0, 0.1) is 26.6 Å². The van der Waals surface area contributed by atoms with Crippen LogP contribution >= 0.6 is 0 Å². The van der Waals surface area contributed by atoms with E-state index in [9.17, 15) is 4.39 Å². The predicted octanol–water partition coefficient (Wildman–Crippen LogP) is 5.03. The summed E-state index contributed by atoms with van der Waals surface area (Å²) in [4.78, 5) is 8.78. The minimum atomic E-state index is -0.292. The van der Waals surface area contributed by atoms with Crippen molar-refractivity contribution in [3.05, 3.63) is 71.3 Å². The summed E-state index contributed by atoms with van der Waals surface area (Å²) in [5.41, 5.74) is 4.04. The Hall–Kier alpha value is -2.95. The second-order valence-corrected chi connectivity index (χ2v) is 5.69. The van der Waals surface area contributed by atoms with Gasteiger partial charge in [0.15, 0.2) is 0 Å². The van der Waals surface area contributed by atoms with Crippen LogP contribution in [0.25, 0.3) is 0 Å². The molecule has 2 N–H and O–H groups in total. The van der Waals surface area contributed by atoms with Crippen LogP contribution in [0.3, 0.4) is 0 Å². The number of hydrogen-bond acceptors (Lipinski definition) is 4. The maximum Gasteiger partial charge on any atom is 0.136 e. The third-order valence-corrected chi connectivity index (χ3v) is 3.80. The molecule has 5 heteroatoms. The number of rotatable bonds is 4. The molecule has 1 heterocycles. The topological polar surface area (TPSA) is 49.8 Å². The van der Waals surface area contributed by atoms with Gasteiger partial charge < -0.3 is 10.6 Å². The molecule has 0 saturated carbocycles. The van der Waals surface area contributed by atoms with Gasteiger partial charge in [-0.05, 0) is 56.2 Å². The van der Waals surface area contributed by atoms with Crippen molar-refractivity contribution in [3.8, 4) is 0 Å². The normalized spacial score (nSPS) is 10.5. The van der Waals surface area contributed by atoms with Crippen LogP contribution in [-0.4, -0.2) is 9.97 Å². The number of nitrogens with zero attached hydrogens (tertiary/aromatic N) is 2. The van der Waals surface area contributed by atoms with E-state index in [0.29, 0.717) is 23.1 Å². The second kappa shape index (κ2) is 6.66. The number of benzene rings is 2. The molecule has 0 aliphatic rings. The smallest absolute Gasteiger partial charge is 0.136 e. The molecule has 24 heavy (non-hydrogen) atoms. The van der Waals surface area contributed by atoms with Gasteiger partial charge >= 0.3 is 0 Å². The average molecular weight is 322 g/mol. The van der Waals surface area contributed by atoms with Crippen LogP contribution in [0.5, 0.6) is 0 Å². The Morgan fingerprint density at radius 2 is 1.54 bits per heavy atom. The van der Waals surface area contributed by atoms with Gasteiger partial charge in [-0.25, -0.2) is 14.4 Å². The Bertz CT molecular complexity index is 877. The van der Waals surface area contributed by atoms with Gasteiger partial charge in [0.25, 0.3) is 0 Å². The maximum absolute atomic E-state index is 13.3. The fourth-order valence-electron chi connectivity index (χ4n) is 2.43. The number of nitrogens with one attached hydrogen (secondary N) is 2. The van der Waals surface area contributed by atoms with E-state index in [4.69, 9.17) is 0 Å². The van der Waals surface area contributed by atoms with Crippen molar-refractivity contribution in [3.63, 3.8) is 0 Å². The molecule has 0 aliphatic heterocycles. The summed E-state index contributed by atoms with van der Waals surface area (Å²) in [7, 11) is 0. The zero-order chi connectivity index (χ0) is 17.1. The lowest BCUT2D eigenvalue weighted by Gasteiger charge is -2.13. The fraction of sp³-hybridized carbons (Fsp3) is 0.158. The van der Waals surface area contributed by atoms with Crippen LogP contribution in [-0.2, 0) is 0 Å². The molecule has 0 aliphatic carbocycles. The van der Waals surface area contributed by atoms with Crippen LogP contribution < -0.4 is 10.6 Å². The lowest BCUT2D eigenvalue weighted by atomic mass is 10.1. The molecular formula is C19H19FN4. The molecule has 3 rings (SSSR count). The van der Waals surface area contributed by atoms with Gasteiger partial charge in [-0.1, -0.05) is 18.2 Å². The largest absolute Gasteiger partial charge is 0.340 e. The SMILES string of the molecule is Cc1nc(Nc2cccc(F)c2)cc(Nc2cccc(C)c2C)n1. The molecule has 0 amide bonds. The van der Waals surface area contributed by atoms with Crippen LogP contribution in [0.1, 0.15) is 17.0 Å². The van der Waals surface area contributed by atoms with Gasteiger partial charge in [0.2, 0.25) is 0 Å². The molecule has 0 saturated heterocycles. The number of halogens is 1. The molecule has 4 nitrogen and oxygen atoms in total. The van der Waals surface area contributed by atoms with Crippen molar-refractivity contribution >= 4 is 23.0 Å². The summed E-state index contributed by atoms with van der Waals surface area (Å²) in [5.74, 6) is 1.64. The summed E-state index contributed by atoms with van der Waals surface area (Å²) in [6.07, 6.45) is 0. The zero-order valence-corrected chi connectivity index (χ0v) is 13.9. The highest BCUT2D eigenvalue weighted by molar-refractivity contribution is 5.65. The van der Waals surface area contributed by atoms with Crippen molar-refractivity contribution < 1.29 is 4.39 Å². The molecule has 3 aromatic rings. The first-order chi connectivity index (χ1) is 11.5. The van der Waals surface area contributed by atoms with Gasteiger partial charge in [-0.15, -0.1) is 0 Å². The summed E-state index contributed by atoms with van der Waals surface area (Å²) in [6, 6.07) is 14.2. The summed E-state index contributed by atoms with van der Waals surface area (Å²) in [5, 5.41) is 6.43. The van der Waals surface area contributed by atoms with Crippen LogP contribution in [0.4, 0.5) is 27.4 Å². The molecule has 0 radical (unpaired) electrons. The molecule has 0 bridgehead atoms.